The van der Waals surface area contributed by atoms with E-state index in [0.717, 1.165) is 12.3 Å². The smallest absolute Gasteiger partial charge is 0.115 e. The Morgan fingerprint density at radius 1 is 1.16 bits per heavy atom. The van der Waals surface area contributed by atoms with Crippen LogP contribution in [0.2, 0.25) is 0 Å². The van der Waals surface area contributed by atoms with Gasteiger partial charge in [0.1, 0.15) is 5.75 Å². The van der Waals surface area contributed by atoms with E-state index in [1.165, 1.54) is 49.7 Å². The van der Waals surface area contributed by atoms with Crippen molar-refractivity contribution in [3.8, 4) is 5.75 Å². The summed E-state index contributed by atoms with van der Waals surface area (Å²) in [5.41, 5.74) is 2.75. The molecule has 1 aromatic rings. The SMILES string of the molecule is C[C@H](NC1CCCc2cc(O)ccc21)C1CCCC1. The number of hydrogen-bond donors (Lipinski definition) is 2. The number of hydrogen-bond acceptors (Lipinski definition) is 2. The van der Waals surface area contributed by atoms with E-state index in [-0.39, 0.29) is 0 Å². The van der Waals surface area contributed by atoms with Crippen molar-refractivity contribution in [2.45, 2.75) is 64.0 Å². The number of nitrogens with one attached hydrogen (secondary N) is 1. The Balaban J connectivity index is 1.72. The fourth-order valence-electron chi connectivity index (χ4n) is 3.88. The van der Waals surface area contributed by atoms with Gasteiger partial charge in [-0.05, 0) is 68.2 Å². The Bertz CT molecular complexity index is 437. The first-order chi connectivity index (χ1) is 9.24. The monoisotopic (exact) mass is 259 g/mol. The van der Waals surface area contributed by atoms with Crippen molar-refractivity contribution in [1.29, 1.82) is 0 Å². The number of rotatable bonds is 3. The Morgan fingerprint density at radius 2 is 1.95 bits per heavy atom. The van der Waals surface area contributed by atoms with Crippen LogP contribution >= 0.6 is 0 Å². The Labute approximate surface area is 116 Å². The fourth-order valence-corrected chi connectivity index (χ4v) is 3.88. The van der Waals surface area contributed by atoms with Crippen LogP contribution in [0.25, 0.3) is 0 Å². The lowest BCUT2D eigenvalue weighted by Crippen LogP contribution is -2.36. The molecule has 0 radical (unpaired) electrons. The molecule has 1 saturated carbocycles. The van der Waals surface area contributed by atoms with E-state index in [0.29, 0.717) is 17.8 Å². The maximum Gasteiger partial charge on any atom is 0.115 e. The highest BCUT2D eigenvalue weighted by Crippen LogP contribution is 2.34. The van der Waals surface area contributed by atoms with Gasteiger partial charge in [-0.15, -0.1) is 0 Å². The van der Waals surface area contributed by atoms with E-state index < -0.39 is 0 Å². The molecule has 1 fully saturated rings. The molecule has 1 unspecified atom stereocenters. The van der Waals surface area contributed by atoms with E-state index in [2.05, 4.69) is 18.3 Å². The number of aryl methyl sites for hydroxylation is 1. The van der Waals surface area contributed by atoms with E-state index >= 15 is 0 Å². The lowest BCUT2D eigenvalue weighted by molar-refractivity contribution is 0.324. The average molecular weight is 259 g/mol. The van der Waals surface area contributed by atoms with Crippen LogP contribution in [-0.2, 0) is 6.42 Å². The molecule has 104 valence electrons. The van der Waals surface area contributed by atoms with Gasteiger partial charge in [0.25, 0.3) is 0 Å². The van der Waals surface area contributed by atoms with Crippen LogP contribution in [0.5, 0.6) is 5.75 Å². The van der Waals surface area contributed by atoms with Gasteiger partial charge in [-0.2, -0.15) is 0 Å². The number of phenolic OH excluding ortho intramolecular Hbond substituents is 1. The minimum absolute atomic E-state index is 0.406. The number of aromatic hydroxyl groups is 1. The summed E-state index contributed by atoms with van der Waals surface area (Å²) in [7, 11) is 0. The maximum atomic E-state index is 9.61. The Morgan fingerprint density at radius 3 is 2.74 bits per heavy atom. The highest BCUT2D eigenvalue weighted by Gasteiger charge is 2.26. The first-order valence-electron chi connectivity index (χ1n) is 7.82. The van der Waals surface area contributed by atoms with Gasteiger partial charge in [0.05, 0.1) is 0 Å². The molecule has 0 saturated heterocycles. The molecule has 0 aliphatic heterocycles. The normalized spacial score (nSPS) is 25.2. The fraction of sp³-hybridized carbons (Fsp3) is 0.647. The Kier molecular flexibility index (Phi) is 3.79. The molecule has 2 nitrogen and oxygen atoms in total. The zero-order valence-electron chi connectivity index (χ0n) is 11.9. The average Bonchev–Trinajstić information content (AvgIpc) is 2.92. The van der Waals surface area contributed by atoms with Crippen LogP contribution < -0.4 is 5.32 Å². The maximum absolute atomic E-state index is 9.61. The van der Waals surface area contributed by atoms with Gasteiger partial charge in [0.15, 0.2) is 0 Å². The summed E-state index contributed by atoms with van der Waals surface area (Å²) in [6.07, 6.45) is 9.17. The topological polar surface area (TPSA) is 32.3 Å². The van der Waals surface area contributed by atoms with Crippen molar-refractivity contribution in [2.75, 3.05) is 0 Å². The Hall–Kier alpha value is -1.02. The lowest BCUT2D eigenvalue weighted by Gasteiger charge is -2.31. The molecule has 0 bridgehead atoms. The molecule has 3 rings (SSSR count). The summed E-state index contributed by atoms with van der Waals surface area (Å²) in [5, 5.41) is 13.5. The highest BCUT2D eigenvalue weighted by molar-refractivity contribution is 5.38. The van der Waals surface area contributed by atoms with Gasteiger partial charge in [-0.3, -0.25) is 0 Å². The number of benzene rings is 1. The van der Waals surface area contributed by atoms with Gasteiger partial charge in [0.2, 0.25) is 0 Å². The van der Waals surface area contributed by atoms with Gasteiger partial charge in [-0.1, -0.05) is 18.9 Å². The lowest BCUT2D eigenvalue weighted by atomic mass is 9.86. The molecule has 2 heteroatoms. The van der Waals surface area contributed by atoms with E-state index in [4.69, 9.17) is 0 Å². The first-order valence-corrected chi connectivity index (χ1v) is 7.82. The molecule has 2 N–H and O–H groups in total. The van der Waals surface area contributed by atoms with Crippen LogP contribution in [0.4, 0.5) is 0 Å². The molecule has 2 atom stereocenters. The molecule has 0 heterocycles. The predicted octanol–water partition coefficient (Wildman–Crippen LogP) is 3.94. The third-order valence-corrected chi connectivity index (χ3v) is 5.01. The van der Waals surface area contributed by atoms with Crippen molar-refractivity contribution in [1.82, 2.24) is 5.32 Å². The standard InChI is InChI=1S/C17H25NO/c1-12(13-5-2-3-6-13)18-17-8-4-7-14-11-15(19)9-10-16(14)17/h9-13,17-19H,2-8H2,1H3/t12-,17?/m0/s1. The summed E-state index contributed by atoms with van der Waals surface area (Å²) in [6.45, 7) is 2.35. The molecule has 0 spiro atoms. The van der Waals surface area contributed by atoms with Gasteiger partial charge in [0, 0.05) is 12.1 Å². The van der Waals surface area contributed by atoms with Crippen LogP contribution in [0, 0.1) is 5.92 Å². The summed E-state index contributed by atoms with van der Waals surface area (Å²) < 4.78 is 0. The van der Waals surface area contributed by atoms with Crippen LogP contribution in [-0.4, -0.2) is 11.1 Å². The largest absolute Gasteiger partial charge is 0.508 e. The van der Waals surface area contributed by atoms with E-state index in [1.54, 1.807) is 0 Å². The van der Waals surface area contributed by atoms with Gasteiger partial charge < -0.3 is 10.4 Å². The molecule has 1 aromatic carbocycles. The quantitative estimate of drug-likeness (QED) is 0.861. The van der Waals surface area contributed by atoms with Crippen LogP contribution in [0.15, 0.2) is 18.2 Å². The predicted molar refractivity (Wildman–Crippen MR) is 78.3 cm³/mol. The molecule has 2 aliphatic rings. The second kappa shape index (κ2) is 5.54. The molecular formula is C17H25NO. The first kappa shape index (κ1) is 13.0. The second-order valence-electron chi connectivity index (χ2n) is 6.33. The summed E-state index contributed by atoms with van der Waals surface area (Å²) in [5.74, 6) is 1.27. The second-order valence-corrected chi connectivity index (χ2v) is 6.33. The molecule has 0 amide bonds. The van der Waals surface area contributed by atoms with E-state index in [9.17, 15) is 5.11 Å². The highest BCUT2D eigenvalue weighted by atomic mass is 16.3. The summed E-state index contributed by atoms with van der Waals surface area (Å²) in [6, 6.07) is 7.00. The molecule has 0 aromatic heterocycles. The van der Waals surface area contributed by atoms with E-state index in [1.807, 2.05) is 12.1 Å². The van der Waals surface area contributed by atoms with Gasteiger partial charge >= 0.3 is 0 Å². The molecular weight excluding hydrogens is 234 g/mol. The summed E-state index contributed by atoms with van der Waals surface area (Å²) >= 11 is 0. The zero-order chi connectivity index (χ0) is 13.2. The number of phenols is 1. The van der Waals surface area contributed by atoms with Crippen molar-refractivity contribution >= 4 is 0 Å². The molecule has 19 heavy (non-hydrogen) atoms. The number of fused-ring (bicyclic) bond motifs is 1. The minimum Gasteiger partial charge on any atom is -0.508 e. The molecule has 2 aliphatic carbocycles. The third kappa shape index (κ3) is 2.79. The third-order valence-electron chi connectivity index (χ3n) is 5.01. The van der Waals surface area contributed by atoms with Crippen LogP contribution in [0.1, 0.15) is 62.6 Å². The van der Waals surface area contributed by atoms with Crippen molar-refractivity contribution < 1.29 is 5.11 Å². The minimum atomic E-state index is 0.406. The zero-order valence-corrected chi connectivity index (χ0v) is 11.9. The summed E-state index contributed by atoms with van der Waals surface area (Å²) in [4.78, 5) is 0. The van der Waals surface area contributed by atoms with Crippen LogP contribution in [0.3, 0.4) is 0 Å². The van der Waals surface area contributed by atoms with Crippen molar-refractivity contribution in [2.24, 2.45) is 5.92 Å². The van der Waals surface area contributed by atoms with Crippen molar-refractivity contribution in [3.63, 3.8) is 0 Å². The van der Waals surface area contributed by atoms with Crippen molar-refractivity contribution in [3.05, 3.63) is 29.3 Å². The van der Waals surface area contributed by atoms with Gasteiger partial charge in [-0.25, -0.2) is 0 Å².